The van der Waals surface area contributed by atoms with Gasteiger partial charge in [0.1, 0.15) is 46.9 Å². The zero-order valence-electron chi connectivity index (χ0n) is 45.8. The normalized spacial score (nSPS) is 12.8. The fraction of sp³-hybridized carbons (Fsp3) is 0.255. The number of imidazole rings is 2. The second-order valence-corrected chi connectivity index (χ2v) is 17.7. The molecular weight excluding hydrogens is 1080 g/mol. The van der Waals surface area contributed by atoms with Crippen molar-refractivity contribution in [3.8, 4) is 0 Å². The van der Waals surface area contributed by atoms with Gasteiger partial charge in [-0.25, -0.2) is 44.3 Å². The molecule has 1 aliphatic carbocycles. The standard InChI is InChI=1S/C11H18N6O2.C7H8N4O.C7H8N4.C6H7N5O.C6H7N5.C5H7N3O.C5H6N2O2/c1-17-4-2-9(16-11(17)18)15-7-6-8(7)19-5-3-14-10(12)13;1-11-3-2-4-5(11)9-7(8)10-6(4)12;1-11-3-2-5-6(8)9-4-10-7(5)11;1-11-2-8-3-4(11)9-6(7)10-5(3)12;1-11-3-10-4-5(7)8-2-9-6(4)11;1-8-3-2-4(6)7-5(8)9;1-7-3-2-4(8)6-5(7)9/h2,4,7-8H,3,5-6H2,1H3,(H4,12,13,14)(H,15,16,18);2-3H,1H3,(H3,8,9,10,12);2-4H,1H3,(H2,8,9,10);2H,1H3,(H3,7,9,10,12);2-3H,1H3,(H2,7,8,9);2-3H,1H3,(H2,6,7,9);2-3H,1H3,(H,6,8,9). The number of rotatable bonds is 6. The summed E-state index contributed by atoms with van der Waals surface area (Å²) < 4.78 is 16.7. The van der Waals surface area contributed by atoms with E-state index in [1.807, 2.05) is 38.0 Å². The number of aromatic nitrogens is 20. The smallest absolute Gasteiger partial charge is 0.349 e. The van der Waals surface area contributed by atoms with Crippen molar-refractivity contribution in [2.75, 3.05) is 47.1 Å². The van der Waals surface area contributed by atoms with Gasteiger partial charge in [-0.3, -0.25) is 34.3 Å². The van der Waals surface area contributed by atoms with Gasteiger partial charge in [0, 0.05) is 86.4 Å². The van der Waals surface area contributed by atoms with E-state index in [1.165, 1.54) is 44.9 Å². The fourth-order valence-electron chi connectivity index (χ4n) is 6.84. The number of aryl methyl sites for hydroxylation is 7. The molecule has 0 aromatic carbocycles. The lowest BCUT2D eigenvalue weighted by atomic mass is 10.4. The average molecular weight is 1140 g/mol. The highest BCUT2D eigenvalue weighted by Gasteiger charge is 2.38. The van der Waals surface area contributed by atoms with Crippen LogP contribution in [0.5, 0.6) is 0 Å². The summed E-state index contributed by atoms with van der Waals surface area (Å²) >= 11 is 0. The Kier molecular flexibility index (Phi) is 20.0. The minimum absolute atomic E-state index is 0.0680. The second kappa shape index (κ2) is 27.3. The summed E-state index contributed by atoms with van der Waals surface area (Å²) in [7, 11) is 12.2. The van der Waals surface area contributed by atoms with Gasteiger partial charge in [-0.05, 0) is 30.7 Å². The highest BCUT2D eigenvalue weighted by atomic mass is 16.5. The minimum atomic E-state index is -0.387. The summed E-state index contributed by atoms with van der Waals surface area (Å²) in [5.41, 5.74) is 39.3. The van der Waals surface area contributed by atoms with Crippen LogP contribution in [-0.2, 0) is 54.1 Å². The number of nitrogens with zero attached hydrogens (tertiary/aromatic N) is 18. The molecule has 0 radical (unpaired) electrons. The molecule has 0 amide bonds. The maximum atomic E-state index is 11.3. The lowest BCUT2D eigenvalue weighted by molar-refractivity contribution is 0.124. The first kappa shape index (κ1) is 60.6. The molecule has 0 bridgehead atoms. The molecule has 11 aromatic rings. The van der Waals surface area contributed by atoms with Crippen molar-refractivity contribution >= 4 is 85.5 Å². The molecule has 36 nitrogen and oxygen atoms in total. The Morgan fingerprint density at radius 1 is 0.566 bits per heavy atom. The number of nitrogens with two attached hydrogens (primary N) is 7. The van der Waals surface area contributed by atoms with Gasteiger partial charge in [-0.15, -0.1) is 0 Å². The van der Waals surface area contributed by atoms with Crippen LogP contribution in [0.15, 0.2) is 120 Å². The van der Waals surface area contributed by atoms with Crippen molar-refractivity contribution in [1.82, 2.24) is 96.8 Å². The Hall–Kier alpha value is -11.6. The topological polar surface area (TPSA) is 529 Å². The van der Waals surface area contributed by atoms with E-state index >= 15 is 0 Å². The Morgan fingerprint density at radius 3 is 1.72 bits per heavy atom. The molecule has 36 heteroatoms. The van der Waals surface area contributed by atoms with Crippen LogP contribution < -0.4 is 79.2 Å². The fourth-order valence-corrected chi connectivity index (χ4v) is 6.84. The van der Waals surface area contributed by atoms with E-state index in [9.17, 15) is 28.8 Å². The largest absolute Gasteiger partial charge is 0.383 e. The number of hydrogen-bond donors (Lipinski definition) is 11. The van der Waals surface area contributed by atoms with E-state index in [1.54, 1.807) is 85.0 Å². The van der Waals surface area contributed by atoms with E-state index in [0.29, 0.717) is 58.3 Å². The van der Waals surface area contributed by atoms with E-state index in [2.05, 4.69) is 75.1 Å². The van der Waals surface area contributed by atoms with Gasteiger partial charge in [0.05, 0.1) is 48.7 Å². The molecule has 0 aliphatic heterocycles. The molecular formula is C47H61N29O7. The quantitative estimate of drug-likeness (QED) is 0.0440. The Bertz CT molecular complexity index is 4230. The monoisotopic (exact) mass is 1140 g/mol. The lowest BCUT2D eigenvalue weighted by Crippen LogP contribution is -2.26. The maximum Gasteiger partial charge on any atom is 0.349 e. The number of aliphatic imine (C=N–C) groups is 1. The Labute approximate surface area is 466 Å². The van der Waals surface area contributed by atoms with E-state index in [0.717, 1.165) is 23.1 Å². The van der Waals surface area contributed by atoms with Gasteiger partial charge in [-0.2, -0.15) is 19.9 Å². The van der Waals surface area contributed by atoms with Crippen LogP contribution in [0.4, 0.5) is 35.2 Å². The molecule has 436 valence electrons. The van der Waals surface area contributed by atoms with E-state index in [4.69, 9.17) is 44.9 Å². The van der Waals surface area contributed by atoms with Crippen molar-refractivity contribution in [3.05, 3.63) is 149 Å². The van der Waals surface area contributed by atoms with Crippen LogP contribution >= 0.6 is 0 Å². The number of guanidine groups is 1. The number of nitrogen functional groups attached to an aromatic ring is 5. The first-order valence-electron chi connectivity index (χ1n) is 24.3. The van der Waals surface area contributed by atoms with Crippen LogP contribution in [0.1, 0.15) is 6.42 Å². The zero-order valence-corrected chi connectivity index (χ0v) is 45.8. The third-order valence-electron chi connectivity index (χ3n) is 11.3. The molecule has 12 rings (SSSR count). The third-order valence-corrected chi connectivity index (χ3v) is 11.3. The molecule has 1 aliphatic rings. The molecule has 2 atom stereocenters. The Balaban J connectivity index is 0.000000158. The van der Waals surface area contributed by atoms with Crippen molar-refractivity contribution in [3.63, 3.8) is 0 Å². The van der Waals surface area contributed by atoms with Gasteiger partial charge < -0.3 is 82.2 Å². The molecule has 11 heterocycles. The number of H-pyrrole nitrogens is 3. The summed E-state index contributed by atoms with van der Waals surface area (Å²) in [5, 5.41) is 4.62. The number of hydrogen-bond acceptors (Lipinski definition) is 24. The van der Waals surface area contributed by atoms with Crippen molar-refractivity contribution < 1.29 is 4.74 Å². The number of fused-ring (bicyclic) bond motifs is 4. The van der Waals surface area contributed by atoms with Gasteiger partial charge in [-0.1, -0.05) is 0 Å². The first-order valence-corrected chi connectivity index (χ1v) is 24.3. The van der Waals surface area contributed by atoms with Crippen LogP contribution in [0.2, 0.25) is 0 Å². The highest BCUT2D eigenvalue weighted by molar-refractivity contribution is 5.86. The van der Waals surface area contributed by atoms with Crippen molar-refractivity contribution in [1.29, 1.82) is 0 Å². The molecule has 83 heavy (non-hydrogen) atoms. The molecule has 11 aromatic heterocycles. The van der Waals surface area contributed by atoms with Gasteiger partial charge >= 0.3 is 17.1 Å². The number of aromatic amines is 3. The highest BCUT2D eigenvalue weighted by Crippen LogP contribution is 2.28. The summed E-state index contributed by atoms with van der Waals surface area (Å²) in [6, 6.07) is 8.43. The zero-order chi connectivity index (χ0) is 60.7. The number of ether oxygens (including phenoxy) is 1. The van der Waals surface area contributed by atoms with Gasteiger partial charge in [0.25, 0.3) is 16.7 Å². The SMILES string of the molecule is Cn1ccc(=O)[nH]c1=O.Cn1ccc(N)nc1=O.Cn1ccc(NC2CC2OCCN=C(N)N)nc1=O.Cn1ccc2c(=O)[nH]c(N)nc21.Cn1ccc2c(N)ncnc21.Cn1cnc2c(=O)[nH]c(N)nc21.Cn1cnc2c(N)ncnc21. The molecule has 2 unspecified atom stereocenters. The van der Waals surface area contributed by atoms with Gasteiger partial charge in [0.15, 0.2) is 28.6 Å². The molecule has 0 saturated heterocycles. The van der Waals surface area contributed by atoms with Crippen LogP contribution in [0.3, 0.4) is 0 Å². The second-order valence-electron chi connectivity index (χ2n) is 17.7. The Morgan fingerprint density at radius 2 is 1.12 bits per heavy atom. The first-order chi connectivity index (χ1) is 39.4. The van der Waals surface area contributed by atoms with Crippen LogP contribution in [0, 0.1) is 0 Å². The number of anilines is 6. The van der Waals surface area contributed by atoms with Crippen molar-refractivity contribution in [2.24, 2.45) is 65.8 Å². The minimum Gasteiger partial charge on any atom is -0.383 e. The van der Waals surface area contributed by atoms with Crippen molar-refractivity contribution in [2.45, 2.75) is 18.6 Å². The predicted molar refractivity (Wildman–Crippen MR) is 311 cm³/mol. The van der Waals surface area contributed by atoms with E-state index < -0.39 is 0 Å². The predicted octanol–water partition coefficient (Wildman–Crippen LogP) is -3.36. The van der Waals surface area contributed by atoms with Crippen LogP contribution in [0.25, 0.3) is 44.4 Å². The third kappa shape index (κ3) is 16.7. The average Bonchev–Trinajstić information content (AvgIpc) is 3.85. The molecule has 18 N–H and O–H groups in total. The summed E-state index contributed by atoms with van der Waals surface area (Å²) in [6.07, 6.45) is 15.4. The summed E-state index contributed by atoms with van der Waals surface area (Å²) in [5.74, 6) is 2.12. The summed E-state index contributed by atoms with van der Waals surface area (Å²) in [6.45, 7) is 0.931. The maximum absolute atomic E-state index is 11.3. The van der Waals surface area contributed by atoms with Crippen LogP contribution in [-0.4, -0.2) is 128 Å². The lowest BCUT2D eigenvalue weighted by Gasteiger charge is -2.05. The molecule has 0 spiro atoms. The van der Waals surface area contributed by atoms with Gasteiger partial charge in [0.2, 0.25) is 11.9 Å². The van der Waals surface area contributed by atoms with E-state index in [-0.39, 0.29) is 69.6 Å². The molecule has 1 saturated carbocycles. The molecule has 1 fully saturated rings. The number of nitrogens with one attached hydrogen (secondary N) is 4. The summed E-state index contributed by atoms with van der Waals surface area (Å²) in [4.78, 5) is 115.